The van der Waals surface area contributed by atoms with Crippen LogP contribution in [0.4, 0.5) is 4.79 Å². The number of benzene rings is 2. The third kappa shape index (κ3) is 4.41. The van der Waals surface area contributed by atoms with Gasteiger partial charge in [0.05, 0.1) is 21.5 Å². The lowest BCUT2D eigenvalue weighted by atomic mass is 10.2. The number of nitrogens with zero attached hydrogens (tertiary/aromatic N) is 1. The molecular weight excluding hydrogens is 393 g/mol. The quantitative estimate of drug-likeness (QED) is 0.620. The van der Waals surface area contributed by atoms with E-state index in [9.17, 15) is 9.59 Å². The molecule has 0 bridgehead atoms. The average Bonchev–Trinajstić information content (AvgIpc) is 2.86. The molecule has 26 heavy (non-hydrogen) atoms. The lowest BCUT2D eigenvalue weighted by molar-refractivity contribution is -0.123. The molecule has 0 N–H and O–H groups in total. The minimum atomic E-state index is -0.334. The molecule has 0 aromatic heterocycles. The predicted molar refractivity (Wildman–Crippen MR) is 106 cm³/mol. The summed E-state index contributed by atoms with van der Waals surface area (Å²) in [5.74, 6) is 0.377. The standard InChI is InChI=1S/C19H15Cl2NO3S/c1-12-3-2-4-14(9-12)25-8-7-22-18(23)17(26-19(22)24)11-13-5-6-15(20)16(21)10-13/h2-6,9-11H,7-8H2,1H3/b17-11-. The van der Waals surface area contributed by atoms with Crippen molar-refractivity contribution in [2.75, 3.05) is 13.2 Å². The van der Waals surface area contributed by atoms with E-state index in [1.807, 2.05) is 31.2 Å². The van der Waals surface area contributed by atoms with Gasteiger partial charge in [0.25, 0.3) is 11.1 Å². The number of imide groups is 1. The molecule has 3 rings (SSSR count). The van der Waals surface area contributed by atoms with Crippen LogP contribution in [-0.2, 0) is 4.79 Å². The van der Waals surface area contributed by atoms with Gasteiger partial charge in [-0.25, -0.2) is 0 Å². The van der Waals surface area contributed by atoms with Gasteiger partial charge in [0, 0.05) is 0 Å². The Morgan fingerprint density at radius 2 is 1.92 bits per heavy atom. The molecule has 7 heteroatoms. The van der Waals surface area contributed by atoms with Crippen LogP contribution >= 0.6 is 35.0 Å². The van der Waals surface area contributed by atoms with Crippen molar-refractivity contribution in [1.29, 1.82) is 0 Å². The number of hydrogen-bond acceptors (Lipinski definition) is 4. The molecule has 4 nitrogen and oxygen atoms in total. The topological polar surface area (TPSA) is 46.6 Å². The van der Waals surface area contributed by atoms with Crippen LogP contribution in [0.1, 0.15) is 11.1 Å². The van der Waals surface area contributed by atoms with Crippen LogP contribution in [0.5, 0.6) is 5.75 Å². The van der Waals surface area contributed by atoms with E-state index in [0.29, 0.717) is 26.3 Å². The van der Waals surface area contributed by atoms with Crippen molar-refractivity contribution >= 4 is 52.2 Å². The fourth-order valence-corrected chi connectivity index (χ4v) is 3.58. The van der Waals surface area contributed by atoms with Crippen LogP contribution in [0.15, 0.2) is 47.4 Å². The first kappa shape index (κ1) is 18.8. The van der Waals surface area contributed by atoms with Crippen LogP contribution in [0.3, 0.4) is 0 Å². The fraction of sp³-hybridized carbons (Fsp3) is 0.158. The molecule has 0 aliphatic carbocycles. The highest BCUT2D eigenvalue weighted by molar-refractivity contribution is 8.18. The molecule has 0 unspecified atom stereocenters. The molecule has 0 saturated carbocycles. The van der Waals surface area contributed by atoms with Crippen molar-refractivity contribution in [3.8, 4) is 5.75 Å². The van der Waals surface area contributed by atoms with Crippen LogP contribution in [0.2, 0.25) is 10.0 Å². The van der Waals surface area contributed by atoms with E-state index in [0.717, 1.165) is 17.3 Å². The second kappa shape index (κ2) is 8.16. The van der Waals surface area contributed by atoms with Gasteiger partial charge in [0.15, 0.2) is 0 Å². The van der Waals surface area contributed by atoms with E-state index in [1.165, 1.54) is 4.90 Å². The number of thioether (sulfide) groups is 1. The van der Waals surface area contributed by atoms with Crippen LogP contribution < -0.4 is 4.74 Å². The van der Waals surface area contributed by atoms with Gasteiger partial charge in [-0.2, -0.15) is 0 Å². The summed E-state index contributed by atoms with van der Waals surface area (Å²) in [5.41, 5.74) is 1.79. The van der Waals surface area contributed by atoms with E-state index in [1.54, 1.807) is 24.3 Å². The van der Waals surface area contributed by atoms with Gasteiger partial charge >= 0.3 is 0 Å². The van der Waals surface area contributed by atoms with Gasteiger partial charge in [-0.3, -0.25) is 14.5 Å². The second-order valence-corrected chi connectivity index (χ2v) is 7.48. The van der Waals surface area contributed by atoms with E-state index in [-0.39, 0.29) is 24.3 Å². The SMILES string of the molecule is Cc1cccc(OCCN2C(=O)S/C(=C\c3ccc(Cl)c(Cl)c3)C2=O)c1. The molecule has 0 spiro atoms. The van der Waals surface area contributed by atoms with Gasteiger partial charge in [0.1, 0.15) is 12.4 Å². The number of aryl methyl sites for hydroxylation is 1. The Morgan fingerprint density at radius 1 is 1.12 bits per heavy atom. The first-order valence-corrected chi connectivity index (χ1v) is 9.41. The summed E-state index contributed by atoms with van der Waals surface area (Å²) in [4.78, 5) is 26.1. The lowest BCUT2D eigenvalue weighted by Crippen LogP contribution is -2.32. The highest BCUT2D eigenvalue weighted by atomic mass is 35.5. The monoisotopic (exact) mass is 407 g/mol. The molecule has 2 amide bonds. The maximum absolute atomic E-state index is 12.5. The Hall–Kier alpha value is -1.95. The number of halogens is 2. The summed E-state index contributed by atoms with van der Waals surface area (Å²) in [6, 6.07) is 12.6. The summed E-state index contributed by atoms with van der Waals surface area (Å²) >= 11 is 12.8. The van der Waals surface area contributed by atoms with Crippen molar-refractivity contribution in [3.63, 3.8) is 0 Å². The van der Waals surface area contributed by atoms with Gasteiger partial charge < -0.3 is 4.74 Å². The number of carbonyl (C=O) groups excluding carboxylic acids is 2. The number of carbonyl (C=O) groups is 2. The third-order valence-electron chi connectivity index (χ3n) is 3.69. The first-order valence-electron chi connectivity index (χ1n) is 7.84. The zero-order valence-electron chi connectivity index (χ0n) is 13.9. The Balaban J connectivity index is 1.64. The van der Waals surface area contributed by atoms with Crippen LogP contribution in [-0.4, -0.2) is 29.2 Å². The smallest absolute Gasteiger partial charge is 0.293 e. The normalized spacial score (nSPS) is 15.8. The molecule has 1 saturated heterocycles. The van der Waals surface area contributed by atoms with Crippen molar-refractivity contribution in [3.05, 3.63) is 68.5 Å². The minimum absolute atomic E-state index is 0.192. The molecule has 1 heterocycles. The van der Waals surface area contributed by atoms with E-state index in [4.69, 9.17) is 27.9 Å². The first-order chi connectivity index (χ1) is 12.4. The van der Waals surface area contributed by atoms with Crippen molar-refractivity contribution < 1.29 is 14.3 Å². The highest BCUT2D eigenvalue weighted by Crippen LogP contribution is 2.33. The van der Waals surface area contributed by atoms with Gasteiger partial charge in [0.2, 0.25) is 0 Å². The zero-order valence-corrected chi connectivity index (χ0v) is 16.2. The number of rotatable bonds is 5. The molecule has 1 aliphatic heterocycles. The number of hydrogen-bond donors (Lipinski definition) is 0. The summed E-state index contributed by atoms with van der Waals surface area (Å²) in [5, 5.41) is 0.519. The Morgan fingerprint density at radius 3 is 2.65 bits per heavy atom. The molecule has 0 atom stereocenters. The predicted octanol–water partition coefficient (Wildman–Crippen LogP) is 5.42. The van der Waals surface area contributed by atoms with Gasteiger partial charge in [-0.1, -0.05) is 41.4 Å². The molecule has 134 valence electrons. The number of amides is 2. The Labute approximate surface area is 165 Å². The van der Waals surface area contributed by atoms with Crippen LogP contribution in [0, 0.1) is 6.92 Å². The molecule has 1 aliphatic rings. The van der Waals surface area contributed by atoms with E-state index in [2.05, 4.69) is 0 Å². The minimum Gasteiger partial charge on any atom is -0.492 e. The maximum atomic E-state index is 12.5. The molecular formula is C19H15Cl2NO3S. The summed E-state index contributed by atoms with van der Waals surface area (Å²) in [7, 11) is 0. The van der Waals surface area contributed by atoms with Crippen molar-refractivity contribution in [1.82, 2.24) is 4.90 Å². The Bertz CT molecular complexity index is 898. The van der Waals surface area contributed by atoms with Gasteiger partial charge in [-0.15, -0.1) is 0 Å². The Kier molecular flexibility index (Phi) is 5.91. The molecule has 2 aromatic carbocycles. The largest absolute Gasteiger partial charge is 0.492 e. The van der Waals surface area contributed by atoms with Crippen molar-refractivity contribution in [2.24, 2.45) is 0 Å². The van der Waals surface area contributed by atoms with E-state index < -0.39 is 0 Å². The highest BCUT2D eigenvalue weighted by Gasteiger charge is 2.34. The summed E-state index contributed by atoms with van der Waals surface area (Å²) < 4.78 is 5.62. The van der Waals surface area contributed by atoms with Gasteiger partial charge in [-0.05, 0) is 60.2 Å². The van der Waals surface area contributed by atoms with E-state index >= 15 is 0 Å². The summed E-state index contributed by atoms with van der Waals surface area (Å²) in [6.45, 7) is 2.40. The second-order valence-electron chi connectivity index (χ2n) is 5.67. The molecule has 1 fully saturated rings. The number of ether oxygens (including phenoxy) is 1. The molecule has 2 aromatic rings. The van der Waals surface area contributed by atoms with Crippen LogP contribution in [0.25, 0.3) is 6.08 Å². The maximum Gasteiger partial charge on any atom is 0.293 e. The molecule has 0 radical (unpaired) electrons. The average molecular weight is 408 g/mol. The zero-order chi connectivity index (χ0) is 18.7. The lowest BCUT2D eigenvalue weighted by Gasteiger charge is -2.13. The fourth-order valence-electron chi connectivity index (χ4n) is 2.41. The third-order valence-corrected chi connectivity index (χ3v) is 5.33. The summed E-state index contributed by atoms with van der Waals surface area (Å²) in [6.07, 6.45) is 1.63. The van der Waals surface area contributed by atoms with Crippen molar-refractivity contribution in [2.45, 2.75) is 6.92 Å².